The number of hydrogen-bond acceptors (Lipinski definition) is 3. The molecule has 1 amide bonds. The van der Waals surface area contributed by atoms with Crippen LogP contribution in [-0.4, -0.2) is 29.6 Å². The number of carbonyl (C=O) groups is 2. The van der Waals surface area contributed by atoms with Gasteiger partial charge < -0.3 is 15.7 Å². The Bertz CT molecular complexity index is 738. The Labute approximate surface area is 156 Å². The molecule has 0 bridgehead atoms. The van der Waals surface area contributed by atoms with Crippen molar-refractivity contribution in [2.45, 2.75) is 18.9 Å². The molecular formula is C18H18Cl2N2O3. The van der Waals surface area contributed by atoms with Gasteiger partial charge in [-0.1, -0.05) is 53.5 Å². The first-order valence-corrected chi connectivity index (χ1v) is 8.46. The SMILES string of the molecule is O=C(C[C@@H](NCCc1ccccc1)C(=O)O)Nc1ccc(Cl)cc1Cl. The summed E-state index contributed by atoms with van der Waals surface area (Å²) in [6, 6.07) is 13.4. The van der Waals surface area contributed by atoms with E-state index in [9.17, 15) is 14.7 Å². The van der Waals surface area contributed by atoms with Crippen LogP contribution >= 0.6 is 23.2 Å². The second-order valence-corrected chi connectivity index (χ2v) is 6.30. The minimum Gasteiger partial charge on any atom is -0.480 e. The quantitative estimate of drug-likeness (QED) is 0.653. The Morgan fingerprint density at radius 3 is 2.44 bits per heavy atom. The van der Waals surface area contributed by atoms with Crippen LogP contribution in [0.2, 0.25) is 10.0 Å². The lowest BCUT2D eigenvalue weighted by Crippen LogP contribution is -2.40. The van der Waals surface area contributed by atoms with Crippen molar-refractivity contribution in [1.29, 1.82) is 0 Å². The van der Waals surface area contributed by atoms with Gasteiger partial charge in [-0.15, -0.1) is 0 Å². The van der Waals surface area contributed by atoms with E-state index in [1.54, 1.807) is 12.1 Å². The number of anilines is 1. The van der Waals surface area contributed by atoms with Crippen LogP contribution in [0.3, 0.4) is 0 Å². The monoisotopic (exact) mass is 380 g/mol. The number of rotatable bonds is 8. The van der Waals surface area contributed by atoms with Crippen LogP contribution in [0.5, 0.6) is 0 Å². The Hall–Kier alpha value is -2.08. The van der Waals surface area contributed by atoms with E-state index in [0.717, 1.165) is 5.56 Å². The first kappa shape index (κ1) is 19.2. The van der Waals surface area contributed by atoms with E-state index in [1.165, 1.54) is 6.07 Å². The van der Waals surface area contributed by atoms with Gasteiger partial charge in [0.05, 0.1) is 17.1 Å². The van der Waals surface area contributed by atoms with Crippen LogP contribution in [0.25, 0.3) is 0 Å². The molecule has 7 heteroatoms. The average molecular weight is 381 g/mol. The standard InChI is InChI=1S/C18H18Cl2N2O3/c19-13-6-7-15(14(20)10-13)22-17(23)11-16(18(24)25)21-9-8-12-4-2-1-3-5-12/h1-7,10,16,21H,8-9,11H2,(H,22,23)(H,24,25)/t16-/m1/s1. The summed E-state index contributed by atoms with van der Waals surface area (Å²) >= 11 is 11.8. The van der Waals surface area contributed by atoms with Gasteiger partial charge in [0.1, 0.15) is 6.04 Å². The summed E-state index contributed by atoms with van der Waals surface area (Å²) in [4.78, 5) is 23.4. The molecule has 0 radical (unpaired) electrons. The zero-order chi connectivity index (χ0) is 18.2. The number of carbonyl (C=O) groups excluding carboxylic acids is 1. The van der Waals surface area contributed by atoms with E-state index in [2.05, 4.69) is 10.6 Å². The average Bonchev–Trinajstić information content (AvgIpc) is 2.57. The molecule has 2 rings (SSSR count). The second kappa shape index (κ2) is 9.42. The molecule has 0 unspecified atom stereocenters. The molecule has 0 spiro atoms. The predicted octanol–water partition coefficient (Wildman–Crippen LogP) is 3.61. The molecule has 0 aliphatic carbocycles. The Morgan fingerprint density at radius 1 is 1.08 bits per heavy atom. The van der Waals surface area contributed by atoms with Gasteiger partial charge in [0.2, 0.25) is 5.91 Å². The maximum atomic E-state index is 12.1. The number of amides is 1. The van der Waals surface area contributed by atoms with Crippen LogP contribution in [0.1, 0.15) is 12.0 Å². The van der Waals surface area contributed by atoms with Crippen molar-refractivity contribution in [2.24, 2.45) is 0 Å². The maximum absolute atomic E-state index is 12.1. The normalized spacial score (nSPS) is 11.8. The lowest BCUT2D eigenvalue weighted by Gasteiger charge is -2.15. The van der Waals surface area contributed by atoms with Gasteiger partial charge in [-0.3, -0.25) is 9.59 Å². The number of nitrogens with one attached hydrogen (secondary N) is 2. The molecule has 5 nitrogen and oxygen atoms in total. The minimum absolute atomic E-state index is 0.205. The van der Waals surface area contributed by atoms with Gasteiger partial charge in [-0.25, -0.2) is 0 Å². The molecule has 0 aliphatic rings. The van der Waals surface area contributed by atoms with E-state index in [4.69, 9.17) is 23.2 Å². The maximum Gasteiger partial charge on any atom is 0.321 e. The number of aliphatic carboxylic acids is 1. The van der Waals surface area contributed by atoms with Crippen molar-refractivity contribution in [1.82, 2.24) is 5.32 Å². The Balaban J connectivity index is 1.87. The fraction of sp³-hybridized carbons (Fsp3) is 0.222. The fourth-order valence-electron chi connectivity index (χ4n) is 2.26. The fourth-order valence-corrected chi connectivity index (χ4v) is 2.72. The summed E-state index contributed by atoms with van der Waals surface area (Å²) in [7, 11) is 0. The first-order chi connectivity index (χ1) is 12.0. The molecule has 2 aromatic rings. The number of carboxylic acid groups (broad SMARTS) is 1. The molecule has 0 aromatic heterocycles. The van der Waals surface area contributed by atoms with E-state index in [1.807, 2.05) is 30.3 Å². The number of halogens is 2. The van der Waals surface area contributed by atoms with E-state index in [-0.39, 0.29) is 6.42 Å². The second-order valence-electron chi connectivity index (χ2n) is 5.46. The number of benzene rings is 2. The van der Waals surface area contributed by atoms with Crippen LogP contribution in [0.4, 0.5) is 5.69 Å². The molecule has 132 valence electrons. The van der Waals surface area contributed by atoms with E-state index in [0.29, 0.717) is 28.7 Å². The van der Waals surface area contributed by atoms with Gasteiger partial charge in [-0.2, -0.15) is 0 Å². The van der Waals surface area contributed by atoms with Crippen molar-refractivity contribution in [3.63, 3.8) is 0 Å². The van der Waals surface area contributed by atoms with Gasteiger partial charge in [0, 0.05) is 5.02 Å². The van der Waals surface area contributed by atoms with Crippen molar-refractivity contribution in [3.8, 4) is 0 Å². The zero-order valence-electron chi connectivity index (χ0n) is 13.3. The van der Waals surface area contributed by atoms with Gasteiger partial charge in [0.25, 0.3) is 0 Å². The van der Waals surface area contributed by atoms with Crippen molar-refractivity contribution < 1.29 is 14.7 Å². The lowest BCUT2D eigenvalue weighted by molar-refractivity contribution is -0.141. The third-order valence-electron chi connectivity index (χ3n) is 3.54. The van der Waals surface area contributed by atoms with Crippen LogP contribution in [-0.2, 0) is 16.0 Å². The van der Waals surface area contributed by atoms with Crippen molar-refractivity contribution in [2.75, 3.05) is 11.9 Å². The smallest absolute Gasteiger partial charge is 0.321 e. The first-order valence-electron chi connectivity index (χ1n) is 7.70. The van der Waals surface area contributed by atoms with E-state index < -0.39 is 17.9 Å². The highest BCUT2D eigenvalue weighted by Crippen LogP contribution is 2.25. The molecule has 2 aromatic carbocycles. The highest BCUT2D eigenvalue weighted by atomic mass is 35.5. The summed E-state index contributed by atoms with van der Waals surface area (Å²) in [5.41, 5.74) is 1.49. The lowest BCUT2D eigenvalue weighted by atomic mass is 10.1. The molecule has 0 saturated carbocycles. The number of carboxylic acids is 1. The molecular weight excluding hydrogens is 363 g/mol. The minimum atomic E-state index is -1.08. The predicted molar refractivity (Wildman–Crippen MR) is 99.3 cm³/mol. The summed E-state index contributed by atoms with van der Waals surface area (Å²) in [6.07, 6.45) is 0.471. The summed E-state index contributed by atoms with van der Waals surface area (Å²) in [6.45, 7) is 0.454. The largest absolute Gasteiger partial charge is 0.480 e. The third-order valence-corrected chi connectivity index (χ3v) is 4.09. The molecule has 0 fully saturated rings. The summed E-state index contributed by atoms with van der Waals surface area (Å²) < 4.78 is 0. The summed E-state index contributed by atoms with van der Waals surface area (Å²) in [5, 5.41) is 15.5. The Kier molecular flexibility index (Phi) is 7.25. The van der Waals surface area contributed by atoms with E-state index >= 15 is 0 Å². The topological polar surface area (TPSA) is 78.4 Å². The summed E-state index contributed by atoms with van der Waals surface area (Å²) in [5.74, 6) is -1.52. The van der Waals surface area contributed by atoms with Gasteiger partial charge in [-0.05, 0) is 36.7 Å². The zero-order valence-corrected chi connectivity index (χ0v) is 14.8. The van der Waals surface area contributed by atoms with Crippen LogP contribution < -0.4 is 10.6 Å². The third kappa shape index (κ3) is 6.38. The van der Waals surface area contributed by atoms with Crippen LogP contribution in [0, 0.1) is 0 Å². The Morgan fingerprint density at radius 2 is 1.80 bits per heavy atom. The highest BCUT2D eigenvalue weighted by Gasteiger charge is 2.21. The molecule has 3 N–H and O–H groups in total. The van der Waals surface area contributed by atoms with Crippen LogP contribution in [0.15, 0.2) is 48.5 Å². The van der Waals surface area contributed by atoms with Gasteiger partial charge in [0.15, 0.2) is 0 Å². The molecule has 0 heterocycles. The number of hydrogen-bond donors (Lipinski definition) is 3. The van der Waals surface area contributed by atoms with Crippen molar-refractivity contribution >= 4 is 40.8 Å². The van der Waals surface area contributed by atoms with Gasteiger partial charge >= 0.3 is 5.97 Å². The molecule has 0 aliphatic heterocycles. The molecule has 25 heavy (non-hydrogen) atoms. The molecule has 1 atom stereocenters. The molecule has 0 saturated heterocycles. The van der Waals surface area contributed by atoms with Crippen molar-refractivity contribution in [3.05, 3.63) is 64.1 Å². The highest BCUT2D eigenvalue weighted by molar-refractivity contribution is 6.36.